The van der Waals surface area contributed by atoms with E-state index in [9.17, 15) is 8.42 Å². The van der Waals surface area contributed by atoms with Crippen LogP contribution in [-0.2, 0) is 16.6 Å². The molecule has 1 saturated heterocycles. The SMILES string of the molecule is CC1CC(C)C(C)N(S(=O)(=O)c2c[nH]c(CN)c2)C1. The molecular weight excluding hydrogens is 262 g/mol. The zero-order valence-electron chi connectivity index (χ0n) is 11.8. The molecule has 2 heterocycles. The molecule has 5 nitrogen and oxygen atoms in total. The summed E-state index contributed by atoms with van der Waals surface area (Å²) in [5.41, 5.74) is 6.26. The van der Waals surface area contributed by atoms with Crippen molar-refractivity contribution in [2.24, 2.45) is 17.6 Å². The van der Waals surface area contributed by atoms with Gasteiger partial charge in [0.15, 0.2) is 0 Å². The monoisotopic (exact) mass is 285 g/mol. The molecule has 0 aromatic carbocycles. The van der Waals surface area contributed by atoms with Gasteiger partial charge in [-0.05, 0) is 31.2 Å². The summed E-state index contributed by atoms with van der Waals surface area (Å²) in [6, 6.07) is 1.67. The fourth-order valence-electron chi connectivity index (χ4n) is 2.80. The van der Waals surface area contributed by atoms with E-state index in [0.29, 0.717) is 29.8 Å². The van der Waals surface area contributed by atoms with Gasteiger partial charge in [0.25, 0.3) is 0 Å². The molecule has 1 aliphatic rings. The highest BCUT2D eigenvalue weighted by molar-refractivity contribution is 7.89. The normalized spacial score (nSPS) is 29.6. The molecule has 6 heteroatoms. The molecule has 0 spiro atoms. The Hall–Kier alpha value is -0.850. The Morgan fingerprint density at radius 2 is 2.11 bits per heavy atom. The maximum atomic E-state index is 12.7. The van der Waals surface area contributed by atoms with Gasteiger partial charge in [0.2, 0.25) is 10.0 Å². The molecule has 0 radical (unpaired) electrons. The van der Waals surface area contributed by atoms with E-state index in [4.69, 9.17) is 5.73 Å². The lowest BCUT2D eigenvalue weighted by Crippen LogP contribution is -2.48. The first-order valence-corrected chi connectivity index (χ1v) is 8.19. The minimum Gasteiger partial charge on any atom is -0.363 e. The van der Waals surface area contributed by atoms with Crippen LogP contribution in [0.15, 0.2) is 17.2 Å². The van der Waals surface area contributed by atoms with E-state index < -0.39 is 10.0 Å². The Labute approximate surface area is 115 Å². The van der Waals surface area contributed by atoms with E-state index in [2.05, 4.69) is 18.8 Å². The fourth-order valence-corrected chi connectivity index (χ4v) is 4.67. The second kappa shape index (κ2) is 5.26. The number of sulfonamides is 1. The summed E-state index contributed by atoms with van der Waals surface area (Å²) in [6.45, 7) is 7.12. The fraction of sp³-hybridized carbons (Fsp3) is 0.692. The third-order valence-electron chi connectivity index (χ3n) is 4.09. The van der Waals surface area contributed by atoms with E-state index in [0.717, 1.165) is 12.1 Å². The van der Waals surface area contributed by atoms with Crippen LogP contribution >= 0.6 is 0 Å². The lowest BCUT2D eigenvalue weighted by molar-refractivity contribution is 0.157. The van der Waals surface area contributed by atoms with Crippen molar-refractivity contribution in [1.82, 2.24) is 9.29 Å². The summed E-state index contributed by atoms with van der Waals surface area (Å²) in [5, 5.41) is 0. The quantitative estimate of drug-likeness (QED) is 0.884. The first-order valence-electron chi connectivity index (χ1n) is 6.75. The molecule has 0 bridgehead atoms. The molecule has 0 saturated carbocycles. The summed E-state index contributed by atoms with van der Waals surface area (Å²) >= 11 is 0. The molecule has 0 aliphatic carbocycles. The molecule has 1 aliphatic heterocycles. The van der Waals surface area contributed by atoms with E-state index in [1.165, 1.54) is 6.20 Å². The van der Waals surface area contributed by atoms with Crippen LogP contribution in [-0.4, -0.2) is 30.3 Å². The van der Waals surface area contributed by atoms with Crippen molar-refractivity contribution in [1.29, 1.82) is 0 Å². The second-order valence-electron chi connectivity index (χ2n) is 5.70. The first kappa shape index (κ1) is 14.6. The molecule has 3 N–H and O–H groups in total. The topological polar surface area (TPSA) is 79.2 Å². The van der Waals surface area contributed by atoms with Gasteiger partial charge < -0.3 is 10.7 Å². The average molecular weight is 285 g/mol. The van der Waals surface area contributed by atoms with E-state index >= 15 is 0 Å². The van der Waals surface area contributed by atoms with Crippen LogP contribution in [0.3, 0.4) is 0 Å². The summed E-state index contributed by atoms with van der Waals surface area (Å²) < 4.78 is 27.0. The lowest BCUT2D eigenvalue weighted by Gasteiger charge is -2.39. The Balaban J connectivity index is 2.32. The molecular formula is C13H23N3O2S. The maximum Gasteiger partial charge on any atom is 0.244 e. The summed E-state index contributed by atoms with van der Waals surface area (Å²) in [4.78, 5) is 3.23. The van der Waals surface area contributed by atoms with Crippen LogP contribution in [0.5, 0.6) is 0 Å². The van der Waals surface area contributed by atoms with Gasteiger partial charge in [0.05, 0.1) is 4.90 Å². The van der Waals surface area contributed by atoms with Crippen molar-refractivity contribution in [3.63, 3.8) is 0 Å². The number of nitrogens with zero attached hydrogens (tertiary/aromatic N) is 1. The van der Waals surface area contributed by atoms with Gasteiger partial charge in [-0.1, -0.05) is 13.8 Å². The van der Waals surface area contributed by atoms with Crippen LogP contribution in [0.25, 0.3) is 0 Å². The zero-order valence-corrected chi connectivity index (χ0v) is 12.6. The van der Waals surface area contributed by atoms with Crippen molar-refractivity contribution in [3.05, 3.63) is 18.0 Å². The molecule has 3 atom stereocenters. The van der Waals surface area contributed by atoms with Crippen molar-refractivity contribution >= 4 is 10.0 Å². The Morgan fingerprint density at radius 3 is 2.68 bits per heavy atom. The molecule has 3 unspecified atom stereocenters. The minimum absolute atomic E-state index is 0.0393. The summed E-state index contributed by atoms with van der Waals surface area (Å²) in [5.74, 6) is 0.778. The molecule has 1 aromatic heterocycles. The number of rotatable bonds is 3. The second-order valence-corrected chi connectivity index (χ2v) is 7.59. The largest absolute Gasteiger partial charge is 0.363 e. The number of hydrogen-bond acceptors (Lipinski definition) is 3. The van der Waals surface area contributed by atoms with Gasteiger partial charge in [-0.15, -0.1) is 0 Å². The highest BCUT2D eigenvalue weighted by Gasteiger charge is 2.37. The highest BCUT2D eigenvalue weighted by atomic mass is 32.2. The molecule has 19 heavy (non-hydrogen) atoms. The first-order chi connectivity index (χ1) is 8.86. The third kappa shape index (κ3) is 2.70. The van der Waals surface area contributed by atoms with Gasteiger partial charge in [-0.2, -0.15) is 4.31 Å². The highest BCUT2D eigenvalue weighted by Crippen LogP contribution is 2.31. The zero-order chi connectivity index (χ0) is 14.2. The van der Waals surface area contributed by atoms with Crippen LogP contribution in [0.1, 0.15) is 32.9 Å². The molecule has 1 aromatic rings. The van der Waals surface area contributed by atoms with Crippen molar-refractivity contribution in [2.45, 2.75) is 44.7 Å². The minimum atomic E-state index is -3.42. The van der Waals surface area contributed by atoms with E-state index in [1.807, 2.05) is 6.92 Å². The van der Waals surface area contributed by atoms with Crippen molar-refractivity contribution in [2.75, 3.05) is 6.54 Å². The molecule has 108 valence electrons. The molecule has 2 rings (SSSR count). The standard InChI is InChI=1S/C13H23N3O2S/c1-9-4-10(2)11(3)16(8-9)19(17,18)13-5-12(6-14)15-7-13/h5,7,9-11,15H,4,6,8,14H2,1-3H3. The van der Waals surface area contributed by atoms with Crippen LogP contribution in [0.2, 0.25) is 0 Å². The number of nitrogens with two attached hydrogens (primary N) is 1. The number of aromatic amines is 1. The van der Waals surface area contributed by atoms with Crippen LogP contribution in [0.4, 0.5) is 0 Å². The Bertz CT molecular complexity index is 538. The van der Waals surface area contributed by atoms with Crippen molar-refractivity contribution < 1.29 is 8.42 Å². The summed E-state index contributed by atoms with van der Waals surface area (Å²) in [7, 11) is -3.42. The van der Waals surface area contributed by atoms with E-state index in [1.54, 1.807) is 10.4 Å². The predicted molar refractivity (Wildman–Crippen MR) is 75.0 cm³/mol. The Morgan fingerprint density at radius 1 is 1.42 bits per heavy atom. The van der Waals surface area contributed by atoms with Crippen LogP contribution < -0.4 is 5.73 Å². The smallest absolute Gasteiger partial charge is 0.244 e. The number of piperidine rings is 1. The maximum absolute atomic E-state index is 12.7. The number of nitrogens with one attached hydrogen (secondary N) is 1. The molecule has 1 fully saturated rings. The van der Waals surface area contributed by atoms with Gasteiger partial charge >= 0.3 is 0 Å². The van der Waals surface area contributed by atoms with Gasteiger partial charge in [0.1, 0.15) is 0 Å². The Kier molecular flexibility index (Phi) is 4.03. The predicted octanol–water partition coefficient (Wildman–Crippen LogP) is 1.53. The van der Waals surface area contributed by atoms with Gasteiger partial charge in [-0.3, -0.25) is 0 Å². The lowest BCUT2D eigenvalue weighted by atomic mass is 9.88. The van der Waals surface area contributed by atoms with Crippen molar-refractivity contribution in [3.8, 4) is 0 Å². The number of hydrogen-bond donors (Lipinski definition) is 2. The molecule has 0 amide bonds. The van der Waals surface area contributed by atoms with Crippen LogP contribution in [0, 0.1) is 11.8 Å². The number of aromatic nitrogens is 1. The third-order valence-corrected chi connectivity index (χ3v) is 6.02. The van der Waals surface area contributed by atoms with Gasteiger partial charge in [0, 0.05) is 31.0 Å². The van der Waals surface area contributed by atoms with Gasteiger partial charge in [-0.25, -0.2) is 8.42 Å². The number of H-pyrrole nitrogens is 1. The average Bonchev–Trinajstić information content (AvgIpc) is 2.83. The summed E-state index contributed by atoms with van der Waals surface area (Å²) in [6.07, 6.45) is 2.61. The van der Waals surface area contributed by atoms with E-state index in [-0.39, 0.29) is 6.04 Å².